The van der Waals surface area contributed by atoms with Gasteiger partial charge in [0.1, 0.15) is 11.5 Å². The summed E-state index contributed by atoms with van der Waals surface area (Å²) in [5, 5.41) is 5.63. The highest BCUT2D eigenvalue weighted by Gasteiger charge is 2.11. The Balaban J connectivity index is 1.82. The van der Waals surface area contributed by atoms with Crippen molar-refractivity contribution in [2.45, 2.75) is 33.2 Å². The summed E-state index contributed by atoms with van der Waals surface area (Å²) < 4.78 is 5.81. The number of carbonyl (C=O) groups excluding carboxylic acids is 2. The van der Waals surface area contributed by atoms with Crippen molar-refractivity contribution >= 4 is 17.5 Å². The molecule has 6 heteroatoms. The molecule has 0 aliphatic rings. The van der Waals surface area contributed by atoms with Gasteiger partial charge in [-0.15, -0.1) is 0 Å². The predicted molar refractivity (Wildman–Crippen MR) is 112 cm³/mol. The summed E-state index contributed by atoms with van der Waals surface area (Å²) in [4.78, 5) is 25.5. The first-order chi connectivity index (χ1) is 13.4. The van der Waals surface area contributed by atoms with Crippen molar-refractivity contribution in [2.24, 2.45) is 0 Å². The number of ether oxygens (including phenoxy) is 1. The summed E-state index contributed by atoms with van der Waals surface area (Å²) in [6.07, 6.45) is 0.992. The number of amides is 2. The molecule has 0 radical (unpaired) electrons. The predicted octanol–water partition coefficient (Wildman–Crippen LogP) is 3.44. The Labute approximate surface area is 166 Å². The number of hydrogen-bond donors (Lipinski definition) is 2. The lowest BCUT2D eigenvalue weighted by atomic mass is 10.2. The Morgan fingerprint density at radius 1 is 0.929 bits per heavy atom. The molecule has 0 aliphatic carbocycles. The Bertz CT molecular complexity index is 771. The maximum Gasteiger partial charge on any atom is 0.238 e. The lowest BCUT2D eigenvalue weighted by Gasteiger charge is -2.17. The van der Waals surface area contributed by atoms with Crippen LogP contribution in [0.3, 0.4) is 0 Å². The SMILES string of the molecule is CCc1ccc(Oc2ccc(NC(=O)CN(C)CC(=O)NC(C)C)cc2)cc1. The van der Waals surface area contributed by atoms with Gasteiger partial charge in [-0.2, -0.15) is 0 Å². The molecule has 2 rings (SSSR count). The van der Waals surface area contributed by atoms with Crippen LogP contribution in [0.15, 0.2) is 48.5 Å². The van der Waals surface area contributed by atoms with Gasteiger partial charge < -0.3 is 15.4 Å². The van der Waals surface area contributed by atoms with Gasteiger partial charge in [-0.3, -0.25) is 14.5 Å². The Hall–Kier alpha value is -2.86. The number of rotatable bonds is 9. The summed E-state index contributed by atoms with van der Waals surface area (Å²) >= 11 is 0. The third-order valence-corrected chi connectivity index (χ3v) is 3.98. The maximum atomic E-state index is 12.1. The van der Waals surface area contributed by atoms with Crippen LogP contribution in [0.25, 0.3) is 0 Å². The second-order valence-corrected chi connectivity index (χ2v) is 7.07. The first-order valence-electron chi connectivity index (χ1n) is 9.50. The molecule has 0 aliphatic heterocycles. The Kier molecular flexibility index (Phi) is 8.02. The van der Waals surface area contributed by atoms with Gasteiger partial charge in [-0.25, -0.2) is 0 Å². The van der Waals surface area contributed by atoms with E-state index in [4.69, 9.17) is 4.74 Å². The van der Waals surface area contributed by atoms with Gasteiger partial charge in [0.25, 0.3) is 0 Å². The fourth-order valence-corrected chi connectivity index (χ4v) is 2.65. The number of nitrogens with zero attached hydrogens (tertiary/aromatic N) is 1. The van der Waals surface area contributed by atoms with Crippen molar-refractivity contribution in [1.82, 2.24) is 10.2 Å². The minimum Gasteiger partial charge on any atom is -0.457 e. The number of nitrogens with one attached hydrogen (secondary N) is 2. The Morgan fingerprint density at radius 3 is 2.00 bits per heavy atom. The molecule has 0 fully saturated rings. The van der Waals surface area contributed by atoms with Gasteiger partial charge >= 0.3 is 0 Å². The van der Waals surface area contributed by atoms with Crippen molar-refractivity contribution in [2.75, 3.05) is 25.5 Å². The lowest BCUT2D eigenvalue weighted by molar-refractivity contribution is -0.123. The topological polar surface area (TPSA) is 70.7 Å². The summed E-state index contributed by atoms with van der Waals surface area (Å²) in [5.74, 6) is 1.20. The summed E-state index contributed by atoms with van der Waals surface area (Å²) in [7, 11) is 1.74. The zero-order valence-electron chi connectivity index (χ0n) is 17.0. The number of anilines is 1. The van der Waals surface area contributed by atoms with Gasteiger partial charge in [0, 0.05) is 11.7 Å². The van der Waals surface area contributed by atoms with E-state index in [-0.39, 0.29) is 30.9 Å². The minimum atomic E-state index is -0.177. The van der Waals surface area contributed by atoms with E-state index in [0.29, 0.717) is 11.4 Å². The highest BCUT2D eigenvalue weighted by atomic mass is 16.5. The summed E-state index contributed by atoms with van der Waals surface area (Å²) in [6, 6.07) is 15.3. The summed E-state index contributed by atoms with van der Waals surface area (Å²) in [5.41, 5.74) is 1.94. The summed E-state index contributed by atoms with van der Waals surface area (Å²) in [6.45, 7) is 6.22. The van der Waals surface area contributed by atoms with Gasteiger partial charge in [0.2, 0.25) is 11.8 Å². The van der Waals surface area contributed by atoms with Crippen molar-refractivity contribution in [3.63, 3.8) is 0 Å². The smallest absolute Gasteiger partial charge is 0.238 e. The van der Waals surface area contributed by atoms with E-state index in [2.05, 4.69) is 17.6 Å². The van der Waals surface area contributed by atoms with Gasteiger partial charge in [0.05, 0.1) is 13.1 Å². The average molecular weight is 383 g/mol. The first kappa shape index (κ1) is 21.4. The van der Waals surface area contributed by atoms with E-state index in [0.717, 1.165) is 12.2 Å². The first-order valence-corrected chi connectivity index (χ1v) is 9.50. The van der Waals surface area contributed by atoms with Crippen LogP contribution in [0.4, 0.5) is 5.69 Å². The van der Waals surface area contributed by atoms with Crippen LogP contribution in [0, 0.1) is 0 Å². The van der Waals surface area contributed by atoms with Crippen molar-refractivity contribution in [1.29, 1.82) is 0 Å². The quantitative estimate of drug-likeness (QED) is 0.696. The molecule has 0 saturated carbocycles. The van der Waals surface area contributed by atoms with Crippen LogP contribution in [0.1, 0.15) is 26.3 Å². The minimum absolute atomic E-state index is 0.0834. The average Bonchev–Trinajstić information content (AvgIpc) is 2.63. The molecular weight excluding hydrogens is 354 g/mol. The van der Waals surface area contributed by atoms with Crippen LogP contribution in [-0.2, 0) is 16.0 Å². The second kappa shape index (κ2) is 10.5. The number of carbonyl (C=O) groups is 2. The van der Waals surface area contributed by atoms with Crippen LogP contribution in [0.5, 0.6) is 11.5 Å². The molecular formula is C22H29N3O3. The Morgan fingerprint density at radius 2 is 1.46 bits per heavy atom. The normalized spacial score (nSPS) is 10.8. The number of aryl methyl sites for hydroxylation is 1. The molecule has 0 heterocycles. The molecule has 0 bridgehead atoms. The van der Waals surface area contributed by atoms with Crippen molar-refractivity contribution < 1.29 is 14.3 Å². The van der Waals surface area contributed by atoms with E-state index in [1.54, 1.807) is 24.1 Å². The molecule has 0 aromatic heterocycles. The molecule has 150 valence electrons. The van der Waals surface area contributed by atoms with Gasteiger partial charge in [-0.05, 0) is 69.3 Å². The second-order valence-electron chi connectivity index (χ2n) is 7.07. The maximum absolute atomic E-state index is 12.1. The molecule has 0 saturated heterocycles. The molecule has 28 heavy (non-hydrogen) atoms. The molecule has 2 amide bonds. The van der Waals surface area contributed by atoms with Gasteiger partial charge in [-0.1, -0.05) is 19.1 Å². The largest absolute Gasteiger partial charge is 0.457 e. The highest BCUT2D eigenvalue weighted by Crippen LogP contribution is 2.23. The van der Waals surface area contributed by atoms with E-state index in [1.807, 2.05) is 50.2 Å². The number of likely N-dealkylation sites (N-methyl/N-ethyl adjacent to an activating group) is 1. The molecule has 2 N–H and O–H groups in total. The molecule has 0 unspecified atom stereocenters. The molecule has 0 atom stereocenters. The van der Waals surface area contributed by atoms with Crippen LogP contribution >= 0.6 is 0 Å². The standard InChI is InChI=1S/C22H29N3O3/c1-5-17-6-10-19(11-7-17)28-20-12-8-18(9-13-20)24-22(27)15-25(4)14-21(26)23-16(2)3/h6-13,16H,5,14-15H2,1-4H3,(H,23,26)(H,24,27). The fourth-order valence-electron chi connectivity index (χ4n) is 2.65. The van der Waals surface area contributed by atoms with E-state index in [1.165, 1.54) is 5.56 Å². The monoisotopic (exact) mass is 383 g/mol. The van der Waals surface area contributed by atoms with Crippen molar-refractivity contribution in [3.8, 4) is 11.5 Å². The van der Waals surface area contributed by atoms with Crippen molar-refractivity contribution in [3.05, 3.63) is 54.1 Å². The van der Waals surface area contributed by atoms with Crippen LogP contribution in [-0.4, -0.2) is 42.9 Å². The molecule has 6 nitrogen and oxygen atoms in total. The zero-order valence-corrected chi connectivity index (χ0v) is 17.0. The van der Waals surface area contributed by atoms with E-state index >= 15 is 0 Å². The zero-order chi connectivity index (χ0) is 20.5. The molecule has 0 spiro atoms. The fraction of sp³-hybridized carbons (Fsp3) is 0.364. The number of hydrogen-bond acceptors (Lipinski definition) is 4. The lowest BCUT2D eigenvalue weighted by Crippen LogP contribution is -2.41. The molecule has 2 aromatic rings. The van der Waals surface area contributed by atoms with Crippen LogP contribution in [0.2, 0.25) is 0 Å². The third kappa shape index (κ3) is 7.40. The highest BCUT2D eigenvalue weighted by molar-refractivity contribution is 5.92. The van der Waals surface area contributed by atoms with E-state index < -0.39 is 0 Å². The third-order valence-electron chi connectivity index (χ3n) is 3.98. The van der Waals surface area contributed by atoms with Crippen LogP contribution < -0.4 is 15.4 Å². The van der Waals surface area contributed by atoms with Gasteiger partial charge in [0.15, 0.2) is 0 Å². The molecule has 2 aromatic carbocycles. The number of benzene rings is 2. The van der Waals surface area contributed by atoms with E-state index in [9.17, 15) is 9.59 Å².